The maximum atomic E-state index is 6.28. The van der Waals surface area contributed by atoms with E-state index in [1.165, 1.54) is 0 Å². The summed E-state index contributed by atoms with van der Waals surface area (Å²) in [7, 11) is 1.69. The average Bonchev–Trinajstić information content (AvgIpc) is 2.83. The monoisotopic (exact) mass is 391 g/mol. The lowest BCUT2D eigenvalue weighted by Gasteiger charge is -2.08. The highest BCUT2D eigenvalue weighted by Crippen LogP contribution is 2.20. The lowest BCUT2D eigenvalue weighted by molar-refractivity contribution is 0.199. The van der Waals surface area contributed by atoms with E-state index in [0.29, 0.717) is 6.61 Å². The minimum absolute atomic E-state index is 0.696. The van der Waals surface area contributed by atoms with Gasteiger partial charge in [-0.2, -0.15) is 5.10 Å². The minimum Gasteiger partial charge on any atom is -0.383 e. The van der Waals surface area contributed by atoms with E-state index < -0.39 is 0 Å². The molecule has 1 aromatic heterocycles. The van der Waals surface area contributed by atoms with Gasteiger partial charge in [0.1, 0.15) is 0 Å². The van der Waals surface area contributed by atoms with E-state index in [0.717, 1.165) is 32.9 Å². The summed E-state index contributed by atoms with van der Waals surface area (Å²) in [4.78, 5) is 0. The third-order valence-corrected chi connectivity index (χ3v) is 3.56. The van der Waals surface area contributed by atoms with Crippen molar-refractivity contribution in [3.63, 3.8) is 0 Å². The van der Waals surface area contributed by atoms with Crippen LogP contribution in [0, 0.1) is 3.57 Å². The summed E-state index contributed by atoms with van der Waals surface area (Å²) >= 11 is 8.52. The molecule has 0 radical (unpaired) electrons. The van der Waals surface area contributed by atoms with Gasteiger partial charge in [-0.15, -0.1) is 0 Å². The van der Waals surface area contributed by atoms with Gasteiger partial charge in [-0.1, -0.05) is 17.7 Å². The van der Waals surface area contributed by atoms with Crippen molar-refractivity contribution in [1.82, 2.24) is 15.1 Å². The van der Waals surface area contributed by atoms with E-state index in [1.807, 2.05) is 35.3 Å². The number of hydrogen-bond donors (Lipinski definition) is 1. The first kappa shape index (κ1) is 14.8. The van der Waals surface area contributed by atoms with Crippen molar-refractivity contribution in [2.24, 2.45) is 0 Å². The van der Waals surface area contributed by atoms with Gasteiger partial charge in [0.25, 0.3) is 0 Å². The van der Waals surface area contributed by atoms with E-state index >= 15 is 0 Å². The van der Waals surface area contributed by atoms with Crippen molar-refractivity contribution in [3.8, 4) is 5.69 Å². The normalized spacial score (nSPS) is 10.9. The molecule has 0 amide bonds. The van der Waals surface area contributed by atoms with Gasteiger partial charge >= 0.3 is 0 Å². The fourth-order valence-electron chi connectivity index (χ4n) is 1.66. The molecule has 1 N–H and O–H groups in total. The van der Waals surface area contributed by atoms with E-state index in [9.17, 15) is 0 Å². The van der Waals surface area contributed by atoms with Crippen molar-refractivity contribution in [2.75, 3.05) is 20.3 Å². The number of nitrogens with zero attached hydrogens (tertiary/aromatic N) is 2. The van der Waals surface area contributed by atoms with Crippen molar-refractivity contribution >= 4 is 34.2 Å². The molecular formula is C13H15ClIN3O. The molecule has 1 aromatic carbocycles. The minimum atomic E-state index is 0.696. The largest absolute Gasteiger partial charge is 0.383 e. The van der Waals surface area contributed by atoms with Gasteiger partial charge in [0.2, 0.25) is 0 Å². The number of benzene rings is 1. The van der Waals surface area contributed by atoms with Gasteiger partial charge < -0.3 is 10.1 Å². The van der Waals surface area contributed by atoms with Crippen molar-refractivity contribution in [1.29, 1.82) is 0 Å². The molecule has 0 fully saturated rings. The average molecular weight is 392 g/mol. The van der Waals surface area contributed by atoms with E-state index in [2.05, 4.69) is 33.0 Å². The molecule has 0 aliphatic heterocycles. The zero-order chi connectivity index (χ0) is 13.7. The number of aromatic nitrogens is 2. The Kier molecular flexibility index (Phi) is 5.62. The Balaban J connectivity index is 2.04. The van der Waals surface area contributed by atoms with Gasteiger partial charge in [-0.05, 0) is 40.3 Å². The zero-order valence-electron chi connectivity index (χ0n) is 10.6. The fraction of sp³-hybridized carbons (Fsp3) is 0.308. The fourth-order valence-corrected chi connectivity index (χ4v) is 2.29. The first-order chi connectivity index (χ1) is 9.20. The van der Waals surface area contributed by atoms with Crippen molar-refractivity contribution < 1.29 is 4.74 Å². The highest BCUT2D eigenvalue weighted by Gasteiger charge is 2.04. The van der Waals surface area contributed by atoms with Gasteiger partial charge in [-0.3, -0.25) is 0 Å². The van der Waals surface area contributed by atoms with Crippen molar-refractivity contribution in [3.05, 3.63) is 44.7 Å². The van der Waals surface area contributed by atoms with E-state index in [1.54, 1.807) is 7.11 Å². The maximum absolute atomic E-state index is 6.28. The van der Waals surface area contributed by atoms with Crippen LogP contribution in [0.3, 0.4) is 0 Å². The molecule has 2 rings (SSSR count). The third-order valence-electron chi connectivity index (χ3n) is 2.65. The zero-order valence-corrected chi connectivity index (χ0v) is 13.5. The highest BCUT2D eigenvalue weighted by atomic mass is 127. The summed E-state index contributed by atoms with van der Waals surface area (Å²) in [5.74, 6) is 0. The van der Waals surface area contributed by atoms with Crippen LogP contribution in [0.2, 0.25) is 5.02 Å². The number of halogens is 2. The predicted molar refractivity (Wildman–Crippen MR) is 84.9 cm³/mol. The van der Waals surface area contributed by atoms with Gasteiger partial charge in [0.05, 0.1) is 22.1 Å². The van der Waals surface area contributed by atoms with Crippen LogP contribution < -0.4 is 5.32 Å². The number of methoxy groups -OCH3 is 1. The molecule has 0 spiro atoms. The van der Waals surface area contributed by atoms with Crippen LogP contribution in [0.15, 0.2) is 30.6 Å². The Hall–Kier alpha value is -0.630. The molecule has 1 heterocycles. The van der Waals surface area contributed by atoms with E-state index in [4.69, 9.17) is 16.3 Å². The van der Waals surface area contributed by atoms with Crippen LogP contribution in [0.1, 0.15) is 5.56 Å². The molecule has 6 heteroatoms. The lowest BCUT2D eigenvalue weighted by atomic mass is 10.2. The molecule has 0 aliphatic carbocycles. The number of nitrogens with one attached hydrogen (secondary N) is 1. The molecule has 102 valence electrons. The predicted octanol–water partition coefficient (Wildman–Crippen LogP) is 2.87. The highest BCUT2D eigenvalue weighted by molar-refractivity contribution is 14.1. The smallest absolute Gasteiger partial charge is 0.0661 e. The molecule has 0 saturated carbocycles. The SMILES string of the molecule is COCCNCc1ccc(-n2cc(I)cn2)cc1Cl. The summed E-state index contributed by atoms with van der Waals surface area (Å²) in [5, 5.41) is 8.28. The summed E-state index contributed by atoms with van der Waals surface area (Å²) in [5.41, 5.74) is 2.04. The van der Waals surface area contributed by atoms with Gasteiger partial charge in [0.15, 0.2) is 0 Å². The van der Waals surface area contributed by atoms with Crippen LogP contribution in [-0.4, -0.2) is 30.0 Å². The molecule has 0 saturated heterocycles. The summed E-state index contributed by atoms with van der Waals surface area (Å²) < 4.78 is 7.89. The lowest BCUT2D eigenvalue weighted by Crippen LogP contribution is -2.18. The summed E-state index contributed by atoms with van der Waals surface area (Å²) in [6.45, 7) is 2.24. The number of ether oxygens (including phenoxy) is 1. The number of rotatable bonds is 6. The van der Waals surface area contributed by atoms with Crippen LogP contribution >= 0.6 is 34.2 Å². The Bertz CT molecular complexity index is 544. The molecule has 0 aliphatic rings. The summed E-state index contributed by atoms with van der Waals surface area (Å²) in [6.07, 6.45) is 3.78. The standard InChI is InChI=1S/C13H15ClIN3O/c1-19-5-4-16-7-10-2-3-12(6-13(10)14)18-9-11(15)8-17-18/h2-3,6,8-9,16H,4-5,7H2,1H3. The molecule has 2 aromatic rings. The second-order valence-corrected chi connectivity index (χ2v) is 5.70. The Morgan fingerprint density at radius 3 is 2.95 bits per heavy atom. The Labute approximate surface area is 131 Å². The van der Waals surface area contributed by atoms with Crippen LogP contribution in [0.25, 0.3) is 5.69 Å². The Morgan fingerprint density at radius 1 is 1.47 bits per heavy atom. The molecule has 0 unspecified atom stereocenters. The first-order valence-corrected chi connectivity index (χ1v) is 7.35. The molecule has 0 bridgehead atoms. The van der Waals surface area contributed by atoms with E-state index in [-0.39, 0.29) is 0 Å². The quantitative estimate of drug-likeness (QED) is 0.608. The van der Waals surface area contributed by atoms with Crippen LogP contribution in [-0.2, 0) is 11.3 Å². The molecule has 4 nitrogen and oxygen atoms in total. The van der Waals surface area contributed by atoms with Gasteiger partial charge in [-0.25, -0.2) is 4.68 Å². The molecule has 0 atom stereocenters. The van der Waals surface area contributed by atoms with Gasteiger partial charge in [0, 0.05) is 31.4 Å². The third kappa shape index (κ3) is 4.17. The summed E-state index contributed by atoms with van der Waals surface area (Å²) in [6, 6.07) is 5.96. The Morgan fingerprint density at radius 2 is 2.32 bits per heavy atom. The number of hydrogen-bond acceptors (Lipinski definition) is 3. The van der Waals surface area contributed by atoms with Crippen molar-refractivity contribution in [2.45, 2.75) is 6.54 Å². The topological polar surface area (TPSA) is 39.1 Å². The second-order valence-electron chi connectivity index (χ2n) is 4.05. The first-order valence-electron chi connectivity index (χ1n) is 5.89. The van der Waals surface area contributed by atoms with Crippen LogP contribution in [0.4, 0.5) is 0 Å². The second kappa shape index (κ2) is 7.23. The van der Waals surface area contributed by atoms with Crippen LogP contribution in [0.5, 0.6) is 0 Å². The molecule has 19 heavy (non-hydrogen) atoms. The maximum Gasteiger partial charge on any atom is 0.0661 e. The molecular weight excluding hydrogens is 377 g/mol.